The highest BCUT2D eigenvalue weighted by atomic mass is 16.4. The Morgan fingerprint density at radius 1 is 0.808 bits per heavy atom. The molecule has 3 aromatic heterocycles. The first-order chi connectivity index (χ1) is 12.6. The van der Waals surface area contributed by atoms with Crippen molar-refractivity contribution >= 4 is 32.9 Å². The average molecular weight is 344 g/mol. The van der Waals surface area contributed by atoms with Crippen molar-refractivity contribution in [1.29, 1.82) is 0 Å². The van der Waals surface area contributed by atoms with Crippen molar-refractivity contribution in [1.82, 2.24) is 0 Å². The molecule has 0 bridgehead atoms. The van der Waals surface area contributed by atoms with Crippen LogP contribution in [0.1, 0.15) is 5.56 Å². The van der Waals surface area contributed by atoms with Crippen molar-refractivity contribution in [3.8, 4) is 11.1 Å². The molecule has 3 heterocycles. The summed E-state index contributed by atoms with van der Waals surface area (Å²) in [7, 11) is 0. The Bertz CT molecular complexity index is 1430. The molecule has 0 atom stereocenters. The van der Waals surface area contributed by atoms with E-state index in [4.69, 9.17) is 13.3 Å². The summed E-state index contributed by atoms with van der Waals surface area (Å²) in [5.41, 5.74) is 1.78. The second-order valence-electron chi connectivity index (χ2n) is 6.18. The maximum atomic E-state index is 12.6. The molecule has 0 aliphatic heterocycles. The first-order valence-corrected chi connectivity index (χ1v) is 8.10. The minimum absolute atomic E-state index is 0.241. The summed E-state index contributed by atoms with van der Waals surface area (Å²) in [6.07, 6.45) is 1.41. The number of hydrogen-bond acceptors (Lipinski definition) is 5. The Labute approximate surface area is 146 Å². The number of para-hydroxylation sites is 2. The lowest BCUT2D eigenvalue weighted by molar-refractivity contribution is 0.562. The molecule has 26 heavy (non-hydrogen) atoms. The number of furan rings is 1. The Morgan fingerprint density at radius 2 is 1.65 bits per heavy atom. The third kappa shape index (κ3) is 1.97. The number of benzene rings is 2. The fourth-order valence-electron chi connectivity index (χ4n) is 3.32. The molecule has 126 valence electrons. The van der Waals surface area contributed by atoms with Gasteiger partial charge in [0.05, 0.1) is 10.9 Å². The van der Waals surface area contributed by atoms with Gasteiger partial charge in [-0.1, -0.05) is 30.3 Å². The van der Waals surface area contributed by atoms with Crippen LogP contribution in [0.15, 0.2) is 77.6 Å². The molecule has 5 aromatic rings. The van der Waals surface area contributed by atoms with Crippen LogP contribution >= 0.6 is 0 Å². The first-order valence-electron chi connectivity index (χ1n) is 8.10. The van der Waals surface area contributed by atoms with Gasteiger partial charge in [0, 0.05) is 10.9 Å². The van der Waals surface area contributed by atoms with E-state index < -0.39 is 11.3 Å². The summed E-state index contributed by atoms with van der Waals surface area (Å²) in [5.74, 6) is 0. The lowest BCUT2D eigenvalue weighted by Gasteiger charge is -2.02. The molecule has 0 spiro atoms. The molecule has 0 unspecified atom stereocenters. The molecule has 0 radical (unpaired) electrons. The average Bonchev–Trinajstić information content (AvgIpc) is 3.08. The van der Waals surface area contributed by atoms with Gasteiger partial charge in [0.2, 0.25) is 0 Å². The van der Waals surface area contributed by atoms with E-state index in [0.717, 1.165) is 10.9 Å². The molecule has 0 aliphatic carbocycles. The second kappa shape index (κ2) is 5.20. The summed E-state index contributed by atoms with van der Waals surface area (Å²) >= 11 is 0. The zero-order valence-electron chi connectivity index (χ0n) is 13.7. The van der Waals surface area contributed by atoms with Crippen LogP contribution in [-0.2, 0) is 0 Å². The van der Waals surface area contributed by atoms with E-state index in [9.17, 15) is 9.59 Å². The van der Waals surface area contributed by atoms with E-state index in [2.05, 4.69) is 0 Å². The van der Waals surface area contributed by atoms with Crippen LogP contribution in [0.3, 0.4) is 0 Å². The standard InChI is InChI=1S/C21H12O5/c1-11-5-4-7-13-18(11)26-21(23)17-15(10-24-19(13)17)14-9-12-6-2-3-8-16(12)25-20(14)22/h2-10H,1H3. The zero-order valence-corrected chi connectivity index (χ0v) is 13.7. The van der Waals surface area contributed by atoms with Gasteiger partial charge < -0.3 is 13.3 Å². The topological polar surface area (TPSA) is 73.6 Å². The molecule has 0 saturated heterocycles. The summed E-state index contributed by atoms with van der Waals surface area (Å²) in [6, 6.07) is 14.5. The van der Waals surface area contributed by atoms with Crippen LogP contribution in [0, 0.1) is 6.92 Å². The molecule has 0 saturated carbocycles. The van der Waals surface area contributed by atoms with E-state index in [1.165, 1.54) is 6.26 Å². The molecule has 0 aliphatic rings. The van der Waals surface area contributed by atoms with Crippen molar-refractivity contribution in [3.05, 3.63) is 81.2 Å². The Kier molecular flexibility index (Phi) is 2.94. The summed E-state index contributed by atoms with van der Waals surface area (Å²) in [4.78, 5) is 25.1. The molecule has 5 heteroatoms. The van der Waals surface area contributed by atoms with Crippen molar-refractivity contribution < 1.29 is 13.3 Å². The summed E-state index contributed by atoms with van der Waals surface area (Å²) in [5, 5.41) is 1.69. The lowest BCUT2D eigenvalue weighted by Crippen LogP contribution is -2.05. The highest BCUT2D eigenvalue weighted by Crippen LogP contribution is 2.33. The predicted molar refractivity (Wildman–Crippen MR) is 98.5 cm³/mol. The highest BCUT2D eigenvalue weighted by molar-refractivity contribution is 6.07. The van der Waals surface area contributed by atoms with Crippen LogP contribution < -0.4 is 11.3 Å². The SMILES string of the molecule is Cc1cccc2c1oc(=O)c1c(-c3cc4ccccc4oc3=O)coc12. The van der Waals surface area contributed by atoms with E-state index in [0.29, 0.717) is 27.7 Å². The van der Waals surface area contributed by atoms with Crippen molar-refractivity contribution in [3.63, 3.8) is 0 Å². The quantitative estimate of drug-likeness (QED) is 0.415. The van der Waals surface area contributed by atoms with E-state index >= 15 is 0 Å². The largest absolute Gasteiger partial charge is 0.463 e. The molecule has 0 N–H and O–H groups in total. The molecule has 5 nitrogen and oxygen atoms in total. The summed E-state index contributed by atoms with van der Waals surface area (Å²) < 4.78 is 16.6. The summed E-state index contributed by atoms with van der Waals surface area (Å²) in [6.45, 7) is 1.86. The fraction of sp³-hybridized carbons (Fsp3) is 0.0476. The minimum Gasteiger partial charge on any atom is -0.463 e. The number of aryl methyl sites for hydroxylation is 1. The van der Waals surface area contributed by atoms with E-state index in [-0.39, 0.29) is 10.9 Å². The van der Waals surface area contributed by atoms with Crippen LogP contribution in [0.25, 0.3) is 44.0 Å². The van der Waals surface area contributed by atoms with Crippen LogP contribution in [0.4, 0.5) is 0 Å². The van der Waals surface area contributed by atoms with Gasteiger partial charge in [0.25, 0.3) is 0 Å². The molecule has 0 amide bonds. The normalized spacial score (nSPS) is 11.6. The van der Waals surface area contributed by atoms with Gasteiger partial charge in [-0.05, 0) is 30.7 Å². The van der Waals surface area contributed by atoms with Gasteiger partial charge in [-0.25, -0.2) is 9.59 Å². The second-order valence-corrected chi connectivity index (χ2v) is 6.18. The van der Waals surface area contributed by atoms with Crippen LogP contribution in [-0.4, -0.2) is 0 Å². The van der Waals surface area contributed by atoms with Crippen LogP contribution in [0.5, 0.6) is 0 Å². The van der Waals surface area contributed by atoms with Gasteiger partial charge in [0.15, 0.2) is 5.58 Å². The van der Waals surface area contributed by atoms with Crippen LogP contribution in [0.2, 0.25) is 0 Å². The predicted octanol–water partition coefficient (Wildman–Crippen LogP) is 4.62. The molecule has 5 rings (SSSR count). The number of fused-ring (bicyclic) bond motifs is 4. The van der Waals surface area contributed by atoms with Gasteiger partial charge in [-0.15, -0.1) is 0 Å². The monoisotopic (exact) mass is 344 g/mol. The van der Waals surface area contributed by atoms with E-state index in [1.807, 2.05) is 37.3 Å². The maximum Gasteiger partial charge on any atom is 0.348 e. The fourth-order valence-corrected chi connectivity index (χ4v) is 3.32. The Morgan fingerprint density at radius 3 is 2.54 bits per heavy atom. The minimum atomic E-state index is -0.543. The Balaban J connectivity index is 1.91. The molecule has 2 aromatic carbocycles. The van der Waals surface area contributed by atoms with Gasteiger partial charge in [0.1, 0.15) is 22.8 Å². The maximum absolute atomic E-state index is 12.6. The zero-order chi connectivity index (χ0) is 17.8. The van der Waals surface area contributed by atoms with Crippen molar-refractivity contribution in [2.24, 2.45) is 0 Å². The third-order valence-electron chi connectivity index (χ3n) is 4.58. The number of rotatable bonds is 1. The lowest BCUT2D eigenvalue weighted by atomic mass is 10.0. The van der Waals surface area contributed by atoms with Gasteiger partial charge in [-0.2, -0.15) is 0 Å². The third-order valence-corrected chi connectivity index (χ3v) is 4.58. The number of hydrogen-bond donors (Lipinski definition) is 0. The Hall–Kier alpha value is -3.60. The van der Waals surface area contributed by atoms with Gasteiger partial charge >= 0.3 is 11.3 Å². The van der Waals surface area contributed by atoms with E-state index in [1.54, 1.807) is 18.2 Å². The highest BCUT2D eigenvalue weighted by Gasteiger charge is 2.20. The first kappa shape index (κ1) is 14.7. The smallest absolute Gasteiger partial charge is 0.348 e. The van der Waals surface area contributed by atoms with Crippen molar-refractivity contribution in [2.45, 2.75) is 6.92 Å². The van der Waals surface area contributed by atoms with Crippen molar-refractivity contribution in [2.75, 3.05) is 0 Å². The molecular weight excluding hydrogens is 332 g/mol. The molecular formula is C21H12O5. The molecule has 0 fully saturated rings. The van der Waals surface area contributed by atoms with Gasteiger partial charge in [-0.3, -0.25) is 0 Å².